The van der Waals surface area contributed by atoms with Crippen molar-refractivity contribution in [2.75, 3.05) is 0 Å². The van der Waals surface area contributed by atoms with Crippen LogP contribution >= 0.6 is 0 Å². The number of hydrogen-bond donors (Lipinski definition) is 0. The second-order valence-electron chi connectivity index (χ2n) is 10.2. The predicted octanol–water partition coefficient (Wildman–Crippen LogP) is 9.26. The van der Waals surface area contributed by atoms with Gasteiger partial charge in [0.2, 0.25) is 0 Å². The minimum absolute atomic E-state index is 0.715. The molecule has 0 aliphatic rings. The Morgan fingerprint density at radius 2 is 1.40 bits per heavy atom. The average Bonchev–Trinajstić information content (AvgIpc) is 3.60. The quantitative estimate of drug-likeness (QED) is 0.198. The first-order chi connectivity index (χ1) is 21.2. The highest BCUT2D eigenvalue weighted by molar-refractivity contribution is 6.22. The fraction of sp³-hybridized carbons (Fsp3) is 0.0278. The summed E-state index contributed by atoms with van der Waals surface area (Å²) in [5, 5.41) is 4.17. The molecule has 43 heavy (non-hydrogen) atoms. The molecule has 5 heterocycles. The van der Waals surface area contributed by atoms with E-state index in [-0.39, 0.29) is 0 Å². The molecule has 204 valence electrons. The minimum Gasteiger partial charge on any atom is -0.454 e. The maximum Gasteiger partial charge on any atom is 0.160 e. The van der Waals surface area contributed by atoms with E-state index in [0.29, 0.717) is 5.69 Å². The number of benzene rings is 3. The van der Waals surface area contributed by atoms with Crippen LogP contribution in [-0.4, -0.2) is 32.5 Å². The van der Waals surface area contributed by atoms with Crippen molar-refractivity contribution in [3.63, 3.8) is 0 Å². The number of furan rings is 1. The van der Waals surface area contributed by atoms with Gasteiger partial charge < -0.3 is 8.98 Å². The van der Waals surface area contributed by atoms with Gasteiger partial charge in [0.05, 0.1) is 50.9 Å². The Morgan fingerprint density at radius 3 is 2.07 bits per heavy atom. The molecular weight excluding hydrogens is 532 g/mol. The maximum atomic E-state index is 6.59. The van der Waals surface area contributed by atoms with Crippen LogP contribution in [0.4, 0.5) is 11.4 Å². The fourth-order valence-corrected chi connectivity index (χ4v) is 5.87. The van der Waals surface area contributed by atoms with E-state index in [1.807, 2.05) is 61.5 Å². The molecule has 0 spiro atoms. The lowest BCUT2D eigenvalue weighted by atomic mass is 10.1. The van der Waals surface area contributed by atoms with Crippen molar-refractivity contribution in [2.45, 2.75) is 6.92 Å². The summed E-state index contributed by atoms with van der Waals surface area (Å²) in [6.45, 7) is 5.72. The fourth-order valence-electron chi connectivity index (χ4n) is 5.87. The molecular formula is C36H24N6O. The van der Waals surface area contributed by atoms with Crippen molar-refractivity contribution < 1.29 is 4.42 Å². The van der Waals surface area contributed by atoms with Gasteiger partial charge in [0, 0.05) is 40.2 Å². The molecule has 0 atom stereocenters. The molecule has 0 N–H and O–H groups in total. The first-order valence-electron chi connectivity index (χ1n) is 14.0. The zero-order chi connectivity index (χ0) is 28.9. The number of para-hydroxylation sites is 1. The Balaban J connectivity index is 1.56. The summed E-state index contributed by atoms with van der Waals surface area (Å²) in [5.41, 5.74) is 8.91. The second kappa shape index (κ2) is 9.85. The first-order valence-corrected chi connectivity index (χ1v) is 14.0. The molecule has 0 aliphatic carbocycles. The number of hydrogen-bond acceptors (Lipinski definition) is 6. The van der Waals surface area contributed by atoms with Gasteiger partial charge in [-0.3, -0.25) is 20.0 Å². The van der Waals surface area contributed by atoms with Crippen molar-refractivity contribution >= 4 is 68.1 Å². The van der Waals surface area contributed by atoms with Crippen LogP contribution in [0.15, 0.2) is 124 Å². The van der Waals surface area contributed by atoms with E-state index < -0.39 is 0 Å². The molecule has 3 aromatic carbocycles. The smallest absolute Gasteiger partial charge is 0.160 e. The van der Waals surface area contributed by atoms with Gasteiger partial charge in [0.15, 0.2) is 5.58 Å². The molecule has 0 bridgehead atoms. The molecule has 0 fully saturated rings. The molecule has 0 saturated heterocycles. The predicted molar refractivity (Wildman–Crippen MR) is 175 cm³/mol. The Labute approximate surface area is 246 Å². The standard InChI is InChI=1S/C36H24N6O/c1-3-38-30-21-33-26(20-29(30)37-2)24-14-15-25-23-10-4-5-13-34(23)43-36(25)35(24)42(33)22-18-31(27-11-6-8-16-39-27)41-32(19-22)28-12-7-9-17-40-28/h3-21H,2H2,1H3/b38-3-. The van der Waals surface area contributed by atoms with Crippen LogP contribution in [0.3, 0.4) is 0 Å². The van der Waals surface area contributed by atoms with E-state index >= 15 is 0 Å². The van der Waals surface area contributed by atoms with E-state index in [1.165, 1.54) is 0 Å². The molecule has 7 nitrogen and oxygen atoms in total. The van der Waals surface area contributed by atoms with Crippen LogP contribution < -0.4 is 0 Å². The number of rotatable bonds is 5. The Morgan fingerprint density at radius 1 is 0.698 bits per heavy atom. The number of fused-ring (bicyclic) bond motifs is 7. The summed E-state index contributed by atoms with van der Waals surface area (Å²) >= 11 is 0. The van der Waals surface area contributed by atoms with Crippen molar-refractivity contribution in [2.24, 2.45) is 9.98 Å². The van der Waals surface area contributed by atoms with Crippen LogP contribution in [0.25, 0.3) is 72.2 Å². The summed E-state index contributed by atoms with van der Waals surface area (Å²) in [6.07, 6.45) is 5.33. The summed E-state index contributed by atoms with van der Waals surface area (Å²) in [5.74, 6) is 0. The third kappa shape index (κ3) is 3.94. The Bertz CT molecular complexity index is 2310. The van der Waals surface area contributed by atoms with E-state index in [9.17, 15) is 0 Å². The van der Waals surface area contributed by atoms with E-state index in [2.05, 4.69) is 73.7 Å². The number of aromatic nitrogens is 4. The van der Waals surface area contributed by atoms with Crippen LogP contribution in [0.2, 0.25) is 0 Å². The molecule has 8 aromatic rings. The molecule has 5 aromatic heterocycles. The van der Waals surface area contributed by atoms with Crippen LogP contribution in [0, 0.1) is 0 Å². The lowest BCUT2D eigenvalue weighted by Crippen LogP contribution is -1.99. The van der Waals surface area contributed by atoms with Crippen LogP contribution in [0.5, 0.6) is 0 Å². The SMILES string of the molecule is C=Nc1cc2c3ccc4c5ccccc5oc4c3n(-c3cc(-c4ccccn4)nc(-c4ccccn4)c3)c2cc1/N=C\C. The van der Waals surface area contributed by atoms with Gasteiger partial charge in [-0.25, -0.2) is 4.98 Å². The molecule has 7 heteroatoms. The summed E-state index contributed by atoms with van der Waals surface area (Å²) in [4.78, 5) is 23.2. The molecule has 0 saturated carbocycles. The van der Waals surface area contributed by atoms with E-state index in [4.69, 9.17) is 9.40 Å². The molecule has 0 amide bonds. The summed E-state index contributed by atoms with van der Waals surface area (Å²) in [7, 11) is 0. The monoisotopic (exact) mass is 556 g/mol. The normalized spacial score (nSPS) is 11.8. The lowest BCUT2D eigenvalue weighted by molar-refractivity contribution is 0.671. The highest BCUT2D eigenvalue weighted by atomic mass is 16.3. The minimum atomic E-state index is 0.715. The van der Waals surface area contributed by atoms with E-state index in [0.717, 1.165) is 77.9 Å². The number of aliphatic imine (C=N–C) groups is 2. The summed E-state index contributed by atoms with van der Waals surface area (Å²) < 4.78 is 8.83. The highest BCUT2D eigenvalue weighted by Crippen LogP contribution is 2.44. The molecule has 0 radical (unpaired) electrons. The van der Waals surface area contributed by atoms with Gasteiger partial charge in [0.25, 0.3) is 0 Å². The van der Waals surface area contributed by atoms with Gasteiger partial charge in [-0.05, 0) is 74.3 Å². The molecule has 8 rings (SSSR count). The summed E-state index contributed by atoms with van der Waals surface area (Å²) in [6, 6.07) is 32.4. The van der Waals surface area contributed by atoms with Gasteiger partial charge in [-0.1, -0.05) is 36.4 Å². The van der Waals surface area contributed by atoms with Gasteiger partial charge >= 0.3 is 0 Å². The van der Waals surface area contributed by atoms with Crippen molar-refractivity contribution in [3.05, 3.63) is 109 Å². The van der Waals surface area contributed by atoms with Crippen molar-refractivity contribution in [1.82, 2.24) is 19.5 Å². The lowest BCUT2D eigenvalue weighted by Gasteiger charge is -2.13. The number of pyridine rings is 3. The first kappa shape index (κ1) is 24.8. The van der Waals surface area contributed by atoms with Crippen LogP contribution in [0.1, 0.15) is 6.92 Å². The third-order valence-electron chi connectivity index (χ3n) is 7.73. The van der Waals surface area contributed by atoms with Crippen molar-refractivity contribution in [3.8, 4) is 28.5 Å². The Kier molecular flexibility index (Phi) is 5.68. The van der Waals surface area contributed by atoms with E-state index in [1.54, 1.807) is 18.6 Å². The largest absolute Gasteiger partial charge is 0.454 e. The van der Waals surface area contributed by atoms with Gasteiger partial charge in [0.1, 0.15) is 5.58 Å². The maximum absolute atomic E-state index is 6.59. The van der Waals surface area contributed by atoms with Gasteiger partial charge in [-0.15, -0.1) is 0 Å². The molecule has 0 unspecified atom stereocenters. The number of nitrogens with zero attached hydrogens (tertiary/aromatic N) is 6. The Hall–Kier alpha value is -5.95. The third-order valence-corrected chi connectivity index (χ3v) is 7.73. The zero-order valence-corrected chi connectivity index (χ0v) is 23.3. The second-order valence-corrected chi connectivity index (χ2v) is 10.2. The van der Waals surface area contributed by atoms with Crippen LogP contribution in [-0.2, 0) is 0 Å². The average molecular weight is 557 g/mol. The topological polar surface area (TPSA) is 81.5 Å². The van der Waals surface area contributed by atoms with Crippen molar-refractivity contribution in [1.29, 1.82) is 0 Å². The van der Waals surface area contributed by atoms with Gasteiger partial charge in [-0.2, -0.15) is 0 Å². The highest BCUT2D eigenvalue weighted by Gasteiger charge is 2.22. The zero-order valence-electron chi connectivity index (χ0n) is 23.3. The molecule has 0 aliphatic heterocycles.